The fourth-order valence-corrected chi connectivity index (χ4v) is 3.28. The highest BCUT2D eigenvalue weighted by atomic mass is 32.2. The zero-order valence-corrected chi connectivity index (χ0v) is 10.8. The number of imide groups is 1. The average molecular weight is 284 g/mol. The number of carbonyl (C=O) groups excluding carboxylic acids is 2. The molecule has 1 unspecified atom stereocenters. The lowest BCUT2D eigenvalue weighted by atomic mass is 10.2. The molecule has 0 aromatic carbocycles. The van der Waals surface area contributed by atoms with E-state index in [9.17, 15) is 18.0 Å². The van der Waals surface area contributed by atoms with Gasteiger partial charge in [-0.25, -0.2) is 13.4 Å². The van der Waals surface area contributed by atoms with E-state index in [1.54, 1.807) is 0 Å². The third-order valence-corrected chi connectivity index (χ3v) is 4.65. The number of pyridine rings is 1. The molecule has 0 radical (unpaired) electrons. The van der Waals surface area contributed by atoms with Crippen LogP contribution in [-0.2, 0) is 19.6 Å². The number of hydrogen-bond donors (Lipinski definition) is 2. The Labute approximate surface area is 109 Å². The molecule has 2 rings (SSSR count). The Kier molecular flexibility index (Phi) is 3.25. The summed E-state index contributed by atoms with van der Waals surface area (Å²) in [5.41, 5.74) is 5.43. The van der Waals surface area contributed by atoms with Crippen LogP contribution in [0.3, 0.4) is 0 Å². The maximum atomic E-state index is 12.4. The van der Waals surface area contributed by atoms with Crippen LogP contribution in [-0.4, -0.2) is 42.1 Å². The number of aromatic nitrogens is 1. The number of rotatable bonds is 2. The van der Waals surface area contributed by atoms with E-state index in [0.29, 0.717) is 0 Å². The molecule has 1 atom stereocenters. The van der Waals surface area contributed by atoms with Gasteiger partial charge in [-0.05, 0) is 13.0 Å². The molecule has 1 aromatic rings. The molecule has 0 saturated carbocycles. The monoisotopic (exact) mass is 284 g/mol. The van der Waals surface area contributed by atoms with Gasteiger partial charge in [-0.1, -0.05) is 0 Å². The second-order valence-corrected chi connectivity index (χ2v) is 5.95. The van der Waals surface area contributed by atoms with Crippen LogP contribution in [0, 0.1) is 0 Å². The second kappa shape index (κ2) is 4.59. The molecule has 0 aliphatic carbocycles. The highest BCUT2D eigenvalue weighted by Gasteiger charge is 2.38. The fraction of sp³-hybridized carbons (Fsp3) is 0.300. The lowest BCUT2D eigenvalue weighted by molar-refractivity contribution is -0.136. The summed E-state index contributed by atoms with van der Waals surface area (Å²) in [4.78, 5) is 26.4. The van der Waals surface area contributed by atoms with Crippen molar-refractivity contribution in [3.8, 4) is 0 Å². The van der Waals surface area contributed by atoms with E-state index in [1.807, 2.05) is 0 Å². The number of amides is 2. The van der Waals surface area contributed by atoms with Crippen LogP contribution in [0.1, 0.15) is 6.92 Å². The van der Waals surface area contributed by atoms with E-state index in [0.717, 1.165) is 4.31 Å². The molecule has 1 fully saturated rings. The maximum Gasteiger partial charge on any atom is 0.244 e. The molecule has 0 spiro atoms. The van der Waals surface area contributed by atoms with Crippen LogP contribution in [0.15, 0.2) is 23.2 Å². The fourth-order valence-electron chi connectivity index (χ4n) is 1.71. The van der Waals surface area contributed by atoms with E-state index in [2.05, 4.69) is 10.3 Å². The van der Waals surface area contributed by atoms with Gasteiger partial charge in [0, 0.05) is 12.3 Å². The minimum atomic E-state index is -3.97. The van der Waals surface area contributed by atoms with Crippen molar-refractivity contribution in [3.05, 3.63) is 18.3 Å². The highest BCUT2D eigenvalue weighted by molar-refractivity contribution is 7.89. The number of anilines is 1. The highest BCUT2D eigenvalue weighted by Crippen LogP contribution is 2.20. The number of nitrogens with zero attached hydrogens (tertiary/aromatic N) is 2. The molecule has 1 aliphatic rings. The van der Waals surface area contributed by atoms with E-state index < -0.39 is 34.4 Å². The van der Waals surface area contributed by atoms with Crippen LogP contribution >= 0.6 is 0 Å². The first kappa shape index (κ1) is 13.4. The quantitative estimate of drug-likeness (QED) is 0.651. The van der Waals surface area contributed by atoms with Crippen LogP contribution in [0.25, 0.3) is 0 Å². The SMILES string of the molecule is CC1C(=O)NC(=O)CN1S(=O)(=O)c1ccnc(N)c1. The second-order valence-electron chi connectivity index (χ2n) is 4.06. The first-order valence-electron chi connectivity index (χ1n) is 5.39. The summed E-state index contributed by atoms with van der Waals surface area (Å²) in [5, 5.41) is 2.07. The Hall–Kier alpha value is -2.00. The largest absolute Gasteiger partial charge is 0.384 e. The van der Waals surface area contributed by atoms with E-state index in [4.69, 9.17) is 5.73 Å². The minimum Gasteiger partial charge on any atom is -0.384 e. The van der Waals surface area contributed by atoms with Crippen molar-refractivity contribution in [1.82, 2.24) is 14.6 Å². The summed E-state index contributed by atoms with van der Waals surface area (Å²) < 4.78 is 25.5. The molecular formula is C10H12N4O4S. The molecule has 19 heavy (non-hydrogen) atoms. The predicted molar refractivity (Wildman–Crippen MR) is 65.2 cm³/mol. The maximum absolute atomic E-state index is 12.4. The van der Waals surface area contributed by atoms with Crippen LogP contribution in [0.2, 0.25) is 0 Å². The average Bonchev–Trinajstić information content (AvgIpc) is 2.33. The first-order chi connectivity index (χ1) is 8.82. The molecule has 0 bridgehead atoms. The van der Waals surface area contributed by atoms with Gasteiger partial charge in [0.05, 0.1) is 11.4 Å². The topological polar surface area (TPSA) is 122 Å². The van der Waals surface area contributed by atoms with Crippen molar-refractivity contribution in [1.29, 1.82) is 0 Å². The number of piperazine rings is 1. The molecule has 3 N–H and O–H groups in total. The van der Waals surface area contributed by atoms with Gasteiger partial charge in [0.25, 0.3) is 0 Å². The zero-order valence-electron chi connectivity index (χ0n) is 10.0. The zero-order chi connectivity index (χ0) is 14.2. The first-order valence-corrected chi connectivity index (χ1v) is 6.83. The van der Waals surface area contributed by atoms with Crippen LogP contribution < -0.4 is 11.1 Å². The van der Waals surface area contributed by atoms with Gasteiger partial charge >= 0.3 is 0 Å². The molecule has 102 valence electrons. The molecule has 1 aromatic heterocycles. The third-order valence-electron chi connectivity index (χ3n) is 2.73. The van der Waals surface area contributed by atoms with Crippen molar-refractivity contribution in [2.45, 2.75) is 17.9 Å². The summed E-state index contributed by atoms with van der Waals surface area (Å²) in [6, 6.07) is 1.48. The molecular weight excluding hydrogens is 272 g/mol. The van der Waals surface area contributed by atoms with E-state index >= 15 is 0 Å². The predicted octanol–water partition coefficient (Wildman–Crippen LogP) is -1.30. The van der Waals surface area contributed by atoms with Crippen LogP contribution in [0.4, 0.5) is 5.82 Å². The van der Waals surface area contributed by atoms with Gasteiger partial charge in [-0.3, -0.25) is 14.9 Å². The number of nitrogens with one attached hydrogen (secondary N) is 1. The van der Waals surface area contributed by atoms with E-state index in [-0.39, 0.29) is 10.7 Å². The van der Waals surface area contributed by atoms with Crippen molar-refractivity contribution in [3.63, 3.8) is 0 Å². The number of nitrogen functional groups attached to an aromatic ring is 1. The van der Waals surface area contributed by atoms with Gasteiger partial charge in [0.2, 0.25) is 21.8 Å². The van der Waals surface area contributed by atoms with Gasteiger partial charge < -0.3 is 5.73 Å². The van der Waals surface area contributed by atoms with Crippen molar-refractivity contribution >= 4 is 27.7 Å². The summed E-state index contributed by atoms with van der Waals surface area (Å²) >= 11 is 0. The Morgan fingerprint density at radius 2 is 2.16 bits per heavy atom. The van der Waals surface area contributed by atoms with Gasteiger partial charge in [0.15, 0.2) is 0 Å². The van der Waals surface area contributed by atoms with Gasteiger partial charge in [-0.15, -0.1) is 0 Å². The molecule has 9 heteroatoms. The lowest BCUT2D eigenvalue weighted by Gasteiger charge is -2.30. The number of nitrogens with two attached hydrogens (primary N) is 1. The standard InChI is InChI=1S/C10H12N4O4S/c1-6-10(16)13-9(15)5-14(6)19(17,18)7-2-3-12-8(11)4-7/h2-4,6H,5H2,1H3,(H2,11,12)(H,13,15,16). The van der Waals surface area contributed by atoms with E-state index in [1.165, 1.54) is 25.3 Å². The minimum absolute atomic E-state index is 0.0431. The van der Waals surface area contributed by atoms with Crippen molar-refractivity contribution < 1.29 is 18.0 Å². The lowest BCUT2D eigenvalue weighted by Crippen LogP contribution is -2.58. The summed E-state index contributed by atoms with van der Waals surface area (Å²) in [5.74, 6) is -1.27. The molecule has 1 aliphatic heterocycles. The molecule has 2 amide bonds. The normalized spacial score (nSPS) is 21.2. The molecule has 2 heterocycles. The summed E-state index contributed by atoms with van der Waals surface area (Å²) in [6.07, 6.45) is 1.25. The smallest absolute Gasteiger partial charge is 0.244 e. The van der Waals surface area contributed by atoms with Crippen molar-refractivity contribution in [2.75, 3.05) is 12.3 Å². The molecule has 8 nitrogen and oxygen atoms in total. The summed E-state index contributed by atoms with van der Waals surface area (Å²) in [6.45, 7) is 1.00. The van der Waals surface area contributed by atoms with Crippen LogP contribution in [0.5, 0.6) is 0 Å². The summed E-state index contributed by atoms with van der Waals surface area (Å²) in [7, 11) is -3.97. The Morgan fingerprint density at radius 1 is 1.47 bits per heavy atom. The number of carbonyl (C=O) groups is 2. The number of sulfonamides is 1. The Balaban J connectivity index is 2.44. The Morgan fingerprint density at radius 3 is 2.79 bits per heavy atom. The van der Waals surface area contributed by atoms with Gasteiger partial charge in [-0.2, -0.15) is 4.31 Å². The Bertz CT molecular complexity index is 643. The third kappa shape index (κ3) is 2.42. The number of hydrogen-bond acceptors (Lipinski definition) is 6. The molecule has 1 saturated heterocycles. The van der Waals surface area contributed by atoms with Crippen molar-refractivity contribution in [2.24, 2.45) is 0 Å². The van der Waals surface area contributed by atoms with Gasteiger partial charge in [0.1, 0.15) is 11.9 Å².